The van der Waals surface area contributed by atoms with Crippen LogP contribution >= 0.6 is 11.5 Å². The minimum absolute atomic E-state index is 0.186. The monoisotopic (exact) mass is 424 g/mol. The summed E-state index contributed by atoms with van der Waals surface area (Å²) in [6.45, 7) is 5.69. The molecule has 1 unspecified atom stereocenters. The van der Waals surface area contributed by atoms with Gasteiger partial charge in [0.1, 0.15) is 11.8 Å². The van der Waals surface area contributed by atoms with Crippen LogP contribution in [0, 0.1) is 0 Å². The van der Waals surface area contributed by atoms with Crippen LogP contribution in [0.4, 0.5) is 5.69 Å². The molecule has 0 fully saturated rings. The lowest BCUT2D eigenvalue weighted by molar-refractivity contribution is -0.123. The Balaban J connectivity index is 2.14. The highest BCUT2D eigenvalue weighted by Crippen LogP contribution is 2.31. The van der Waals surface area contributed by atoms with Crippen molar-refractivity contribution >= 4 is 29.0 Å². The quantitative estimate of drug-likeness (QED) is 0.650. The number of para-hydroxylation sites is 1. The molecule has 3 aromatic rings. The molecule has 0 saturated heterocycles. The van der Waals surface area contributed by atoms with Crippen molar-refractivity contribution in [2.24, 2.45) is 0 Å². The number of ether oxygens (including phenoxy) is 1. The molecule has 0 saturated carbocycles. The third kappa shape index (κ3) is 5.01. The summed E-state index contributed by atoms with van der Waals surface area (Å²) in [5, 5.41) is 8.50. The van der Waals surface area contributed by atoms with Gasteiger partial charge in [0.2, 0.25) is 5.91 Å². The number of aromatic nitrogens is 2. The summed E-state index contributed by atoms with van der Waals surface area (Å²) in [7, 11) is 1.58. The van der Waals surface area contributed by atoms with Crippen LogP contribution in [-0.4, -0.2) is 34.1 Å². The van der Waals surface area contributed by atoms with Gasteiger partial charge in [0.15, 0.2) is 5.69 Å². The maximum atomic E-state index is 13.4. The number of amides is 2. The zero-order chi connectivity index (χ0) is 21.7. The van der Waals surface area contributed by atoms with Crippen molar-refractivity contribution in [1.82, 2.24) is 14.9 Å². The molecule has 2 aromatic carbocycles. The summed E-state index contributed by atoms with van der Waals surface area (Å²) in [5.41, 5.74) is 0.944. The van der Waals surface area contributed by atoms with Crippen LogP contribution in [0.2, 0.25) is 0 Å². The van der Waals surface area contributed by atoms with Crippen LogP contribution in [0.25, 0.3) is 0 Å². The summed E-state index contributed by atoms with van der Waals surface area (Å²) in [5.74, 6) is -0.0390. The second-order valence-electron chi connectivity index (χ2n) is 7.72. The van der Waals surface area contributed by atoms with E-state index < -0.39 is 17.5 Å². The van der Waals surface area contributed by atoms with E-state index in [0.717, 1.165) is 11.5 Å². The van der Waals surface area contributed by atoms with Gasteiger partial charge in [-0.15, -0.1) is 5.10 Å². The minimum Gasteiger partial charge on any atom is -0.497 e. The normalized spacial score (nSPS) is 12.1. The van der Waals surface area contributed by atoms with E-state index in [1.165, 1.54) is 4.90 Å². The lowest BCUT2D eigenvalue weighted by Gasteiger charge is -2.33. The Hall–Kier alpha value is -3.26. The zero-order valence-corrected chi connectivity index (χ0v) is 18.1. The van der Waals surface area contributed by atoms with Gasteiger partial charge in [-0.25, -0.2) is 0 Å². The number of benzene rings is 2. The Morgan fingerprint density at radius 3 is 2.27 bits per heavy atom. The number of nitrogens with one attached hydrogen (secondary N) is 1. The van der Waals surface area contributed by atoms with Crippen LogP contribution in [-0.2, 0) is 4.79 Å². The number of rotatable bonds is 6. The predicted molar refractivity (Wildman–Crippen MR) is 117 cm³/mol. The number of methoxy groups -OCH3 is 1. The molecule has 3 rings (SSSR count). The van der Waals surface area contributed by atoms with Crippen LogP contribution < -0.4 is 15.0 Å². The fourth-order valence-corrected chi connectivity index (χ4v) is 3.43. The Kier molecular flexibility index (Phi) is 6.47. The number of hydrogen-bond donors (Lipinski definition) is 1. The van der Waals surface area contributed by atoms with Crippen molar-refractivity contribution in [2.45, 2.75) is 32.4 Å². The molecule has 0 radical (unpaired) electrons. The fraction of sp³-hybridized carbons (Fsp3) is 0.273. The largest absolute Gasteiger partial charge is 0.497 e. The number of hydrogen-bond acceptors (Lipinski definition) is 6. The van der Waals surface area contributed by atoms with E-state index in [9.17, 15) is 9.59 Å². The molecule has 1 heterocycles. The van der Waals surface area contributed by atoms with E-state index >= 15 is 0 Å². The summed E-state index contributed by atoms with van der Waals surface area (Å²) >= 11 is 1.09. The number of nitrogens with zero attached hydrogens (tertiary/aromatic N) is 3. The first kappa shape index (κ1) is 21.4. The average Bonchev–Trinajstić information content (AvgIpc) is 3.26. The summed E-state index contributed by atoms with van der Waals surface area (Å²) < 4.78 is 9.05. The number of carbonyl (C=O) groups is 2. The van der Waals surface area contributed by atoms with Gasteiger partial charge in [-0.3, -0.25) is 14.5 Å². The van der Waals surface area contributed by atoms with Gasteiger partial charge in [-0.1, -0.05) is 34.8 Å². The van der Waals surface area contributed by atoms with Gasteiger partial charge >= 0.3 is 0 Å². The van der Waals surface area contributed by atoms with Crippen molar-refractivity contribution < 1.29 is 14.3 Å². The molecule has 156 valence electrons. The Labute approximate surface area is 179 Å². The van der Waals surface area contributed by atoms with Crippen molar-refractivity contribution in [3.8, 4) is 5.75 Å². The molecule has 0 aliphatic carbocycles. The average molecular weight is 425 g/mol. The highest BCUT2D eigenvalue weighted by atomic mass is 32.1. The molecule has 7 nitrogen and oxygen atoms in total. The highest BCUT2D eigenvalue weighted by Gasteiger charge is 2.35. The standard InChI is InChI=1S/C22H24N4O3S/c1-22(2,3)23-20(27)19(15-10-12-17(29-4)13-11-15)26(16-8-6-5-7-9-16)21(28)18-14-30-25-24-18/h5-14,19H,1-4H3,(H,23,27). The maximum Gasteiger partial charge on any atom is 0.280 e. The van der Waals surface area contributed by atoms with E-state index in [0.29, 0.717) is 17.0 Å². The summed E-state index contributed by atoms with van der Waals surface area (Å²) in [4.78, 5) is 28.3. The first-order valence-electron chi connectivity index (χ1n) is 9.42. The van der Waals surface area contributed by atoms with Gasteiger partial charge in [-0.05, 0) is 62.1 Å². The van der Waals surface area contributed by atoms with Gasteiger partial charge in [0, 0.05) is 16.6 Å². The lowest BCUT2D eigenvalue weighted by Crippen LogP contribution is -2.49. The minimum atomic E-state index is -0.910. The van der Waals surface area contributed by atoms with Crippen LogP contribution in [0.15, 0.2) is 60.0 Å². The Morgan fingerprint density at radius 1 is 1.07 bits per heavy atom. The van der Waals surface area contributed by atoms with E-state index in [2.05, 4.69) is 14.9 Å². The highest BCUT2D eigenvalue weighted by molar-refractivity contribution is 7.03. The number of anilines is 1. The van der Waals surface area contributed by atoms with Crippen molar-refractivity contribution in [1.29, 1.82) is 0 Å². The second-order valence-corrected chi connectivity index (χ2v) is 8.33. The van der Waals surface area contributed by atoms with E-state index in [1.54, 1.807) is 48.9 Å². The molecule has 8 heteroatoms. The third-order valence-electron chi connectivity index (χ3n) is 4.27. The fourth-order valence-electron chi connectivity index (χ4n) is 3.00. The molecule has 1 atom stereocenters. The van der Waals surface area contributed by atoms with Crippen LogP contribution in [0.1, 0.15) is 42.9 Å². The first-order valence-corrected chi connectivity index (χ1v) is 10.3. The van der Waals surface area contributed by atoms with Gasteiger partial charge in [-0.2, -0.15) is 0 Å². The molecule has 0 aliphatic rings. The van der Waals surface area contributed by atoms with Gasteiger partial charge in [0.05, 0.1) is 7.11 Å². The third-order valence-corrected chi connectivity index (χ3v) is 4.77. The summed E-state index contributed by atoms with van der Waals surface area (Å²) in [6, 6.07) is 15.3. The molecular weight excluding hydrogens is 400 g/mol. The first-order chi connectivity index (χ1) is 14.3. The summed E-state index contributed by atoms with van der Waals surface area (Å²) in [6.07, 6.45) is 0. The van der Waals surface area contributed by atoms with E-state index in [1.807, 2.05) is 39.0 Å². The molecule has 2 amide bonds. The molecule has 30 heavy (non-hydrogen) atoms. The second kappa shape index (κ2) is 9.04. The van der Waals surface area contributed by atoms with Crippen molar-refractivity contribution in [2.75, 3.05) is 12.0 Å². The molecule has 0 aliphatic heterocycles. The van der Waals surface area contributed by atoms with Gasteiger partial charge in [0.25, 0.3) is 5.91 Å². The maximum absolute atomic E-state index is 13.4. The predicted octanol–water partition coefficient (Wildman–Crippen LogP) is 3.85. The Bertz CT molecular complexity index is 983. The molecule has 0 bridgehead atoms. The Morgan fingerprint density at radius 2 is 1.73 bits per heavy atom. The van der Waals surface area contributed by atoms with Crippen molar-refractivity contribution in [3.05, 3.63) is 71.2 Å². The number of carbonyl (C=O) groups excluding carboxylic acids is 2. The topological polar surface area (TPSA) is 84.4 Å². The molecule has 1 N–H and O–H groups in total. The SMILES string of the molecule is COc1ccc(C(C(=O)NC(C)(C)C)N(C(=O)c2csnn2)c2ccccc2)cc1. The smallest absolute Gasteiger partial charge is 0.280 e. The lowest BCUT2D eigenvalue weighted by atomic mass is 10.0. The van der Waals surface area contributed by atoms with Crippen LogP contribution in [0.3, 0.4) is 0 Å². The van der Waals surface area contributed by atoms with E-state index in [4.69, 9.17) is 4.74 Å². The van der Waals surface area contributed by atoms with Crippen LogP contribution in [0.5, 0.6) is 5.75 Å². The van der Waals surface area contributed by atoms with E-state index in [-0.39, 0.29) is 11.6 Å². The zero-order valence-electron chi connectivity index (χ0n) is 17.3. The molecule has 0 spiro atoms. The molecule has 1 aromatic heterocycles. The molecular formula is C22H24N4O3S. The van der Waals surface area contributed by atoms with Gasteiger partial charge < -0.3 is 10.1 Å². The van der Waals surface area contributed by atoms with Crippen molar-refractivity contribution in [3.63, 3.8) is 0 Å².